The van der Waals surface area contributed by atoms with Gasteiger partial charge in [-0.1, -0.05) is 11.6 Å². The van der Waals surface area contributed by atoms with Gasteiger partial charge in [-0.25, -0.2) is 4.79 Å². The van der Waals surface area contributed by atoms with Gasteiger partial charge >= 0.3 is 5.97 Å². The van der Waals surface area contributed by atoms with Gasteiger partial charge in [0.15, 0.2) is 17.3 Å². The first kappa shape index (κ1) is 20.6. The monoisotopic (exact) mass is 429 g/mol. The molecule has 1 saturated heterocycles. The predicted molar refractivity (Wildman–Crippen MR) is 113 cm³/mol. The first-order valence-corrected chi connectivity index (χ1v) is 10.5. The minimum Gasteiger partial charge on any atom is -0.486 e. The number of aromatic nitrogens is 2. The number of ketones is 1. The maximum Gasteiger partial charge on any atom is 0.358 e. The van der Waals surface area contributed by atoms with Gasteiger partial charge in [0.1, 0.15) is 11.4 Å². The normalized spacial score (nSPS) is 17.5. The molecule has 4 rings (SSSR count). The van der Waals surface area contributed by atoms with Gasteiger partial charge in [-0.05, 0) is 50.1 Å². The number of Topliss-reactive ketones (excluding diaryl/α,β-unsaturated/α-hetero) is 1. The fraction of sp³-hybridized carbons (Fsp3) is 0.455. The summed E-state index contributed by atoms with van der Waals surface area (Å²) >= 11 is 6.34. The fourth-order valence-electron chi connectivity index (χ4n) is 4.23. The van der Waals surface area contributed by atoms with Crippen LogP contribution in [0.4, 0.5) is 5.82 Å². The summed E-state index contributed by atoms with van der Waals surface area (Å²) in [6.45, 7) is 7.20. The Labute approximate surface area is 180 Å². The van der Waals surface area contributed by atoms with Crippen LogP contribution in [0.2, 0.25) is 5.02 Å². The van der Waals surface area contributed by atoms with E-state index in [2.05, 4.69) is 15.1 Å². The van der Waals surface area contributed by atoms with Crippen molar-refractivity contribution in [3.8, 4) is 5.75 Å². The number of benzene rings is 1. The molecule has 8 heteroatoms. The Morgan fingerprint density at radius 3 is 2.63 bits per heavy atom. The zero-order valence-electron chi connectivity index (χ0n) is 17.3. The summed E-state index contributed by atoms with van der Waals surface area (Å²) in [4.78, 5) is 26.8. The average Bonchev–Trinajstić information content (AvgIpc) is 2.72. The first-order valence-electron chi connectivity index (χ1n) is 10.1. The van der Waals surface area contributed by atoms with E-state index in [4.69, 9.17) is 21.1 Å². The zero-order valence-corrected chi connectivity index (χ0v) is 18.1. The van der Waals surface area contributed by atoms with Crippen molar-refractivity contribution in [1.82, 2.24) is 10.2 Å². The molecular formula is C22H24ClN3O4. The maximum absolute atomic E-state index is 12.9. The second kappa shape index (κ2) is 7.87. The van der Waals surface area contributed by atoms with Crippen LogP contribution in [0.5, 0.6) is 5.75 Å². The average molecular weight is 430 g/mol. The number of nitrogens with zero attached hydrogens (tertiary/aromatic N) is 3. The van der Waals surface area contributed by atoms with Gasteiger partial charge in [0.2, 0.25) is 0 Å². The molecule has 0 atom stereocenters. The molecule has 1 spiro atoms. The molecule has 0 aliphatic carbocycles. The van der Waals surface area contributed by atoms with Crippen LogP contribution in [0.15, 0.2) is 18.2 Å². The standard InChI is InChI=1S/C22H24ClN3O4/c1-4-29-21(28)15-5-6-18(25-24-15)26-9-7-22(8-10-26)12-16(27)19-14(3)20(23)13(2)11-17(19)30-22/h5-6,11H,4,7-10,12H2,1-3H3. The molecule has 1 aromatic heterocycles. The second-order valence-electron chi connectivity index (χ2n) is 7.87. The van der Waals surface area contributed by atoms with Crippen molar-refractivity contribution in [1.29, 1.82) is 0 Å². The molecule has 1 fully saturated rings. The number of esters is 1. The van der Waals surface area contributed by atoms with E-state index in [0.29, 0.717) is 61.1 Å². The van der Waals surface area contributed by atoms with Crippen molar-refractivity contribution in [2.75, 3.05) is 24.6 Å². The molecule has 30 heavy (non-hydrogen) atoms. The van der Waals surface area contributed by atoms with Crippen molar-refractivity contribution in [3.63, 3.8) is 0 Å². The fourth-order valence-corrected chi connectivity index (χ4v) is 4.38. The summed E-state index contributed by atoms with van der Waals surface area (Å²) in [5.41, 5.74) is 1.99. The van der Waals surface area contributed by atoms with Crippen LogP contribution in [0.25, 0.3) is 0 Å². The Hall–Kier alpha value is -2.67. The van der Waals surface area contributed by atoms with E-state index in [1.165, 1.54) is 0 Å². The molecule has 2 aliphatic rings. The number of halogens is 1. The lowest BCUT2D eigenvalue weighted by Crippen LogP contribution is -2.51. The van der Waals surface area contributed by atoms with Gasteiger partial charge in [-0.2, -0.15) is 0 Å². The number of anilines is 1. The molecule has 0 amide bonds. The minimum atomic E-state index is -0.508. The number of ether oxygens (including phenoxy) is 2. The van der Waals surface area contributed by atoms with Crippen molar-refractivity contribution in [2.24, 2.45) is 0 Å². The molecule has 158 valence electrons. The minimum absolute atomic E-state index is 0.0858. The molecule has 0 unspecified atom stereocenters. The largest absolute Gasteiger partial charge is 0.486 e. The number of carbonyl (C=O) groups excluding carboxylic acids is 2. The van der Waals surface area contributed by atoms with Crippen LogP contribution < -0.4 is 9.64 Å². The molecule has 2 aromatic rings. The number of hydrogen-bond donors (Lipinski definition) is 0. The third-order valence-corrected chi connectivity index (χ3v) is 6.45. The van der Waals surface area contributed by atoms with Crippen LogP contribution in [-0.4, -0.2) is 47.2 Å². The van der Waals surface area contributed by atoms with E-state index in [-0.39, 0.29) is 11.5 Å². The van der Waals surface area contributed by atoms with E-state index < -0.39 is 11.6 Å². The highest BCUT2D eigenvalue weighted by atomic mass is 35.5. The van der Waals surface area contributed by atoms with Crippen LogP contribution in [-0.2, 0) is 4.74 Å². The van der Waals surface area contributed by atoms with E-state index in [9.17, 15) is 9.59 Å². The predicted octanol–water partition coefficient (Wildman–Crippen LogP) is 3.93. The van der Waals surface area contributed by atoms with Gasteiger partial charge in [-0.3, -0.25) is 4.79 Å². The Bertz CT molecular complexity index is 998. The Balaban J connectivity index is 1.48. The second-order valence-corrected chi connectivity index (χ2v) is 8.25. The summed E-state index contributed by atoms with van der Waals surface area (Å²) in [5.74, 6) is 0.937. The van der Waals surface area contributed by atoms with Crippen LogP contribution >= 0.6 is 11.6 Å². The Kier molecular flexibility index (Phi) is 5.40. The van der Waals surface area contributed by atoms with E-state index in [1.807, 2.05) is 19.9 Å². The lowest BCUT2D eigenvalue weighted by Gasteiger charge is -2.44. The Morgan fingerprint density at radius 1 is 1.27 bits per heavy atom. The Morgan fingerprint density at radius 2 is 2.00 bits per heavy atom. The van der Waals surface area contributed by atoms with Crippen LogP contribution in [0, 0.1) is 13.8 Å². The van der Waals surface area contributed by atoms with Crippen LogP contribution in [0.1, 0.15) is 58.2 Å². The van der Waals surface area contributed by atoms with Crippen LogP contribution in [0.3, 0.4) is 0 Å². The lowest BCUT2D eigenvalue weighted by molar-refractivity contribution is 0.0229. The quantitative estimate of drug-likeness (QED) is 0.683. The molecular weight excluding hydrogens is 406 g/mol. The number of aryl methyl sites for hydroxylation is 1. The topological polar surface area (TPSA) is 81.6 Å². The van der Waals surface area contributed by atoms with Crippen molar-refractivity contribution in [3.05, 3.63) is 45.6 Å². The molecule has 2 aliphatic heterocycles. The number of fused-ring (bicyclic) bond motifs is 1. The lowest BCUT2D eigenvalue weighted by atomic mass is 9.81. The zero-order chi connectivity index (χ0) is 21.5. The van der Waals surface area contributed by atoms with Crippen molar-refractivity contribution >= 4 is 29.2 Å². The SMILES string of the molecule is CCOC(=O)c1ccc(N2CCC3(CC2)CC(=O)c2c(cc(C)c(Cl)c2C)O3)nn1. The van der Waals surface area contributed by atoms with E-state index >= 15 is 0 Å². The molecule has 0 bridgehead atoms. The van der Waals surface area contributed by atoms with Gasteiger partial charge in [0, 0.05) is 31.0 Å². The number of piperidine rings is 1. The first-order chi connectivity index (χ1) is 14.3. The number of rotatable bonds is 3. The highest BCUT2D eigenvalue weighted by Gasteiger charge is 2.44. The van der Waals surface area contributed by atoms with Gasteiger partial charge in [0.25, 0.3) is 0 Å². The van der Waals surface area contributed by atoms with E-state index in [1.54, 1.807) is 19.1 Å². The maximum atomic E-state index is 12.9. The summed E-state index contributed by atoms with van der Waals surface area (Å²) in [7, 11) is 0. The number of hydrogen-bond acceptors (Lipinski definition) is 7. The van der Waals surface area contributed by atoms with Crippen molar-refractivity contribution in [2.45, 2.75) is 45.6 Å². The molecule has 3 heterocycles. The van der Waals surface area contributed by atoms with Gasteiger partial charge in [-0.15, -0.1) is 10.2 Å². The molecule has 7 nitrogen and oxygen atoms in total. The smallest absolute Gasteiger partial charge is 0.358 e. The van der Waals surface area contributed by atoms with Gasteiger partial charge < -0.3 is 14.4 Å². The van der Waals surface area contributed by atoms with Gasteiger partial charge in [0.05, 0.1) is 18.6 Å². The molecule has 0 N–H and O–H groups in total. The third-order valence-electron chi connectivity index (χ3n) is 5.87. The summed E-state index contributed by atoms with van der Waals surface area (Å²) in [6, 6.07) is 5.26. The third kappa shape index (κ3) is 3.62. The summed E-state index contributed by atoms with van der Waals surface area (Å²) in [6.07, 6.45) is 1.74. The highest BCUT2D eigenvalue weighted by Crippen LogP contribution is 2.43. The summed E-state index contributed by atoms with van der Waals surface area (Å²) in [5, 5.41) is 8.78. The highest BCUT2D eigenvalue weighted by molar-refractivity contribution is 6.32. The van der Waals surface area contributed by atoms with Crippen molar-refractivity contribution < 1.29 is 19.1 Å². The molecule has 0 saturated carbocycles. The number of carbonyl (C=O) groups is 2. The van der Waals surface area contributed by atoms with E-state index in [0.717, 1.165) is 11.1 Å². The summed E-state index contributed by atoms with van der Waals surface area (Å²) < 4.78 is 11.3. The molecule has 0 radical (unpaired) electrons. The molecule has 1 aromatic carbocycles.